The lowest BCUT2D eigenvalue weighted by molar-refractivity contribution is 0.0766. The fourth-order valence-corrected chi connectivity index (χ4v) is 3.24. The molecular weight excluding hydrogens is 310 g/mol. The highest BCUT2D eigenvalue weighted by Crippen LogP contribution is 2.19. The van der Waals surface area contributed by atoms with Crippen molar-refractivity contribution < 1.29 is 4.79 Å². The van der Waals surface area contributed by atoms with Crippen LogP contribution in [0.1, 0.15) is 29.3 Å². The van der Waals surface area contributed by atoms with Gasteiger partial charge in [0.05, 0.1) is 0 Å². The maximum absolute atomic E-state index is 12.7. The Bertz CT molecular complexity index is 661. The van der Waals surface area contributed by atoms with Gasteiger partial charge in [0, 0.05) is 44.0 Å². The fraction of sp³-hybridized carbons (Fsp3) is 0.381. The van der Waals surface area contributed by atoms with Gasteiger partial charge >= 0.3 is 0 Å². The molecule has 4 heteroatoms. The minimum atomic E-state index is 0.140. The Morgan fingerprint density at radius 3 is 2.52 bits per heavy atom. The van der Waals surface area contributed by atoms with Crippen molar-refractivity contribution in [2.45, 2.75) is 19.9 Å². The first-order valence-electron chi connectivity index (χ1n) is 9.17. The van der Waals surface area contributed by atoms with Crippen molar-refractivity contribution in [3.63, 3.8) is 0 Å². The topological polar surface area (TPSA) is 35.6 Å². The van der Waals surface area contributed by atoms with E-state index >= 15 is 0 Å². The molecule has 1 aliphatic heterocycles. The molecule has 1 fully saturated rings. The van der Waals surface area contributed by atoms with E-state index in [0.717, 1.165) is 56.9 Å². The second-order valence-corrected chi connectivity index (χ2v) is 6.44. The normalized spacial score (nSPS) is 14.8. The summed E-state index contributed by atoms with van der Waals surface area (Å²) in [7, 11) is 0. The maximum Gasteiger partial charge on any atom is 0.253 e. The van der Waals surface area contributed by atoms with Gasteiger partial charge in [0.1, 0.15) is 0 Å². The Morgan fingerprint density at radius 2 is 1.80 bits per heavy atom. The largest absolute Gasteiger partial charge is 0.367 e. The molecule has 1 aliphatic rings. The third-order valence-corrected chi connectivity index (χ3v) is 4.70. The Labute approximate surface area is 150 Å². The molecule has 1 heterocycles. The van der Waals surface area contributed by atoms with Crippen LogP contribution in [-0.2, 0) is 6.54 Å². The zero-order chi connectivity index (χ0) is 17.5. The first-order chi connectivity index (χ1) is 12.3. The zero-order valence-electron chi connectivity index (χ0n) is 14.9. The van der Waals surface area contributed by atoms with E-state index in [1.165, 1.54) is 5.56 Å². The van der Waals surface area contributed by atoms with Crippen LogP contribution in [0.5, 0.6) is 0 Å². The number of benzene rings is 2. The highest BCUT2D eigenvalue weighted by molar-refractivity contribution is 5.94. The molecule has 2 aromatic carbocycles. The molecule has 0 spiro atoms. The summed E-state index contributed by atoms with van der Waals surface area (Å²) in [4.78, 5) is 17.0. The van der Waals surface area contributed by atoms with Gasteiger partial charge in [-0.05, 0) is 49.7 Å². The van der Waals surface area contributed by atoms with Gasteiger partial charge in [-0.15, -0.1) is 0 Å². The minimum absolute atomic E-state index is 0.140. The Hall–Kier alpha value is -2.33. The molecule has 0 radical (unpaired) electrons. The zero-order valence-corrected chi connectivity index (χ0v) is 14.9. The predicted octanol–water partition coefficient (Wildman–Crippen LogP) is 3.15. The van der Waals surface area contributed by atoms with Crippen molar-refractivity contribution in [3.8, 4) is 0 Å². The van der Waals surface area contributed by atoms with Crippen LogP contribution in [0.4, 0.5) is 5.69 Å². The summed E-state index contributed by atoms with van der Waals surface area (Å²) in [6, 6.07) is 18.5. The molecule has 0 saturated carbocycles. The van der Waals surface area contributed by atoms with E-state index in [2.05, 4.69) is 53.5 Å². The number of carbonyl (C=O) groups excluding carboxylic acids is 1. The summed E-state index contributed by atoms with van der Waals surface area (Å²) < 4.78 is 0. The van der Waals surface area contributed by atoms with Crippen LogP contribution < -0.4 is 10.2 Å². The van der Waals surface area contributed by atoms with Gasteiger partial charge in [0.25, 0.3) is 5.91 Å². The Balaban J connectivity index is 1.68. The number of hydrogen-bond acceptors (Lipinski definition) is 3. The quantitative estimate of drug-likeness (QED) is 0.910. The van der Waals surface area contributed by atoms with Gasteiger partial charge in [-0.3, -0.25) is 4.79 Å². The number of amides is 1. The average molecular weight is 337 g/mol. The van der Waals surface area contributed by atoms with Crippen LogP contribution in [0.2, 0.25) is 0 Å². The molecule has 4 nitrogen and oxygen atoms in total. The van der Waals surface area contributed by atoms with Crippen LogP contribution in [0.15, 0.2) is 54.6 Å². The summed E-state index contributed by atoms with van der Waals surface area (Å²) in [5.74, 6) is 0.140. The summed E-state index contributed by atoms with van der Waals surface area (Å²) in [5.41, 5.74) is 3.23. The summed E-state index contributed by atoms with van der Waals surface area (Å²) in [5, 5.41) is 3.34. The van der Waals surface area contributed by atoms with E-state index < -0.39 is 0 Å². The smallest absolute Gasteiger partial charge is 0.253 e. The maximum atomic E-state index is 12.7. The number of nitrogens with zero attached hydrogens (tertiary/aromatic N) is 2. The van der Waals surface area contributed by atoms with Gasteiger partial charge in [-0.1, -0.05) is 30.3 Å². The molecule has 0 bridgehead atoms. The summed E-state index contributed by atoms with van der Waals surface area (Å²) in [6.45, 7) is 7.46. The van der Waals surface area contributed by atoms with Gasteiger partial charge in [0.15, 0.2) is 0 Å². The lowest BCUT2D eigenvalue weighted by Gasteiger charge is -2.24. The molecule has 132 valence electrons. The average Bonchev–Trinajstić information content (AvgIpc) is 2.96. The third kappa shape index (κ3) is 4.60. The summed E-state index contributed by atoms with van der Waals surface area (Å²) >= 11 is 0. The van der Waals surface area contributed by atoms with Crippen LogP contribution in [0.3, 0.4) is 0 Å². The molecule has 2 aromatic rings. The monoisotopic (exact) mass is 337 g/mol. The molecule has 25 heavy (non-hydrogen) atoms. The van der Waals surface area contributed by atoms with Crippen molar-refractivity contribution in [1.82, 2.24) is 10.2 Å². The van der Waals surface area contributed by atoms with E-state index in [9.17, 15) is 4.79 Å². The van der Waals surface area contributed by atoms with Gasteiger partial charge in [0.2, 0.25) is 0 Å². The molecule has 1 saturated heterocycles. The van der Waals surface area contributed by atoms with E-state index in [4.69, 9.17) is 0 Å². The molecule has 3 rings (SSSR count). The second kappa shape index (κ2) is 8.67. The number of hydrogen-bond donors (Lipinski definition) is 1. The first kappa shape index (κ1) is 17.5. The number of rotatable bonds is 5. The van der Waals surface area contributed by atoms with Crippen LogP contribution >= 0.6 is 0 Å². The highest BCUT2D eigenvalue weighted by atomic mass is 16.2. The van der Waals surface area contributed by atoms with Crippen molar-refractivity contribution in [1.29, 1.82) is 0 Å². The standard InChI is InChI=1S/C21H27N3O/c1-2-23(17-18-7-4-3-5-8-18)20-11-9-19(10-12-20)21(25)24-15-6-13-22-14-16-24/h3-5,7-12,22H,2,6,13-17H2,1H3. The van der Waals surface area contributed by atoms with Gasteiger partial charge < -0.3 is 15.1 Å². The molecule has 0 unspecified atom stereocenters. The Kier molecular flexibility index (Phi) is 6.07. The van der Waals surface area contributed by atoms with Gasteiger partial charge in [-0.2, -0.15) is 0 Å². The SMILES string of the molecule is CCN(Cc1ccccc1)c1ccc(C(=O)N2CCCNCC2)cc1. The van der Waals surface area contributed by atoms with E-state index in [-0.39, 0.29) is 5.91 Å². The van der Waals surface area contributed by atoms with Crippen molar-refractivity contribution >= 4 is 11.6 Å². The van der Waals surface area contributed by atoms with Crippen LogP contribution in [0.25, 0.3) is 0 Å². The van der Waals surface area contributed by atoms with Gasteiger partial charge in [-0.25, -0.2) is 0 Å². The molecular formula is C21H27N3O. The van der Waals surface area contributed by atoms with E-state index in [1.807, 2.05) is 23.1 Å². The fourth-order valence-electron chi connectivity index (χ4n) is 3.24. The van der Waals surface area contributed by atoms with Crippen molar-refractivity contribution in [2.24, 2.45) is 0 Å². The molecule has 1 N–H and O–H groups in total. The molecule has 0 aliphatic carbocycles. The van der Waals surface area contributed by atoms with E-state index in [1.54, 1.807) is 0 Å². The summed E-state index contributed by atoms with van der Waals surface area (Å²) in [6.07, 6.45) is 1.02. The van der Waals surface area contributed by atoms with Crippen LogP contribution in [0, 0.1) is 0 Å². The van der Waals surface area contributed by atoms with E-state index in [0.29, 0.717) is 0 Å². The lowest BCUT2D eigenvalue weighted by atomic mass is 10.1. The third-order valence-electron chi connectivity index (χ3n) is 4.70. The highest BCUT2D eigenvalue weighted by Gasteiger charge is 2.17. The number of nitrogens with one attached hydrogen (secondary N) is 1. The minimum Gasteiger partial charge on any atom is -0.367 e. The molecule has 0 aromatic heterocycles. The van der Waals surface area contributed by atoms with Crippen molar-refractivity contribution in [2.75, 3.05) is 37.6 Å². The Morgan fingerprint density at radius 1 is 1.04 bits per heavy atom. The van der Waals surface area contributed by atoms with Crippen LogP contribution in [-0.4, -0.2) is 43.5 Å². The number of anilines is 1. The predicted molar refractivity (Wildman–Crippen MR) is 103 cm³/mol. The molecule has 1 amide bonds. The molecule has 0 atom stereocenters. The number of carbonyl (C=O) groups is 1. The van der Waals surface area contributed by atoms with Crippen molar-refractivity contribution in [3.05, 3.63) is 65.7 Å². The first-order valence-corrected chi connectivity index (χ1v) is 9.17. The lowest BCUT2D eigenvalue weighted by Crippen LogP contribution is -2.34. The second-order valence-electron chi connectivity index (χ2n) is 6.44.